The summed E-state index contributed by atoms with van der Waals surface area (Å²) in [5, 5.41) is 3.63. The highest BCUT2D eigenvalue weighted by molar-refractivity contribution is 4.87. The van der Waals surface area contributed by atoms with Crippen molar-refractivity contribution in [2.75, 3.05) is 52.9 Å². The van der Waals surface area contributed by atoms with Crippen LogP contribution in [0.1, 0.15) is 40.0 Å². The second-order valence-electron chi connectivity index (χ2n) is 8.06. The quantitative estimate of drug-likeness (QED) is 0.806. The van der Waals surface area contributed by atoms with Gasteiger partial charge in [0, 0.05) is 13.1 Å². The molecule has 20 heavy (non-hydrogen) atoms. The highest BCUT2D eigenvalue weighted by Crippen LogP contribution is 2.32. The average molecular weight is 281 g/mol. The topological polar surface area (TPSA) is 18.5 Å². The Hall–Kier alpha value is -0.120. The monoisotopic (exact) mass is 281 g/mol. The summed E-state index contributed by atoms with van der Waals surface area (Å²) in [6.45, 7) is 16.0. The predicted molar refractivity (Wildman–Crippen MR) is 87.1 cm³/mol. The second kappa shape index (κ2) is 7.24. The van der Waals surface area contributed by atoms with Gasteiger partial charge in [-0.1, -0.05) is 20.8 Å². The maximum absolute atomic E-state index is 3.63. The van der Waals surface area contributed by atoms with E-state index in [1.54, 1.807) is 0 Å². The minimum absolute atomic E-state index is 0.562. The molecule has 2 aliphatic rings. The molecule has 0 spiro atoms. The zero-order chi connectivity index (χ0) is 14.6. The molecule has 0 aliphatic carbocycles. The van der Waals surface area contributed by atoms with E-state index in [0.717, 1.165) is 11.8 Å². The molecule has 1 unspecified atom stereocenters. The minimum Gasteiger partial charge on any atom is -0.316 e. The van der Waals surface area contributed by atoms with E-state index < -0.39 is 0 Å². The lowest BCUT2D eigenvalue weighted by Gasteiger charge is -2.40. The number of nitrogens with zero attached hydrogens (tertiary/aromatic N) is 2. The standard InChI is InChI=1S/C17H35N3/c1-15(2)11-18-12-16-5-8-20(13-16)14-17(3)6-9-19(4)10-7-17/h15-16,18H,5-14H2,1-4H3. The molecule has 0 amide bonds. The van der Waals surface area contributed by atoms with E-state index in [-0.39, 0.29) is 0 Å². The van der Waals surface area contributed by atoms with E-state index in [9.17, 15) is 0 Å². The van der Waals surface area contributed by atoms with Gasteiger partial charge in [-0.05, 0) is 76.3 Å². The van der Waals surface area contributed by atoms with E-state index in [4.69, 9.17) is 0 Å². The molecule has 0 saturated carbocycles. The summed E-state index contributed by atoms with van der Waals surface area (Å²) in [4.78, 5) is 5.21. The molecule has 0 aromatic heterocycles. The van der Waals surface area contributed by atoms with Gasteiger partial charge in [0.25, 0.3) is 0 Å². The Balaban J connectivity index is 1.68. The summed E-state index contributed by atoms with van der Waals surface area (Å²) in [7, 11) is 2.26. The SMILES string of the molecule is CC(C)CNCC1CCN(CC2(C)CCN(C)CC2)C1. The van der Waals surface area contributed by atoms with Crippen LogP contribution in [0.15, 0.2) is 0 Å². The minimum atomic E-state index is 0.562. The van der Waals surface area contributed by atoms with Crippen LogP contribution in [-0.4, -0.2) is 62.7 Å². The first-order valence-corrected chi connectivity index (χ1v) is 8.58. The normalized spacial score (nSPS) is 28.4. The summed E-state index contributed by atoms with van der Waals surface area (Å²) in [6.07, 6.45) is 4.13. The van der Waals surface area contributed by atoms with Crippen LogP contribution in [0.3, 0.4) is 0 Å². The van der Waals surface area contributed by atoms with Crippen LogP contribution < -0.4 is 5.32 Å². The molecular formula is C17H35N3. The summed E-state index contributed by atoms with van der Waals surface area (Å²) < 4.78 is 0. The van der Waals surface area contributed by atoms with Crippen LogP contribution in [-0.2, 0) is 0 Å². The maximum Gasteiger partial charge on any atom is 0.00364 e. The zero-order valence-corrected chi connectivity index (χ0v) is 14.1. The first-order valence-electron chi connectivity index (χ1n) is 8.58. The molecule has 1 atom stereocenters. The third-order valence-corrected chi connectivity index (χ3v) is 5.16. The van der Waals surface area contributed by atoms with Crippen molar-refractivity contribution in [2.45, 2.75) is 40.0 Å². The molecule has 2 aliphatic heterocycles. The van der Waals surface area contributed by atoms with Gasteiger partial charge in [-0.15, -0.1) is 0 Å². The first kappa shape index (κ1) is 16.3. The van der Waals surface area contributed by atoms with Gasteiger partial charge < -0.3 is 15.1 Å². The Morgan fingerprint density at radius 3 is 2.55 bits per heavy atom. The number of hydrogen-bond donors (Lipinski definition) is 1. The van der Waals surface area contributed by atoms with Crippen molar-refractivity contribution in [3.8, 4) is 0 Å². The van der Waals surface area contributed by atoms with Crippen molar-refractivity contribution in [1.29, 1.82) is 0 Å². The highest BCUT2D eigenvalue weighted by atomic mass is 15.2. The molecule has 2 heterocycles. The van der Waals surface area contributed by atoms with E-state index in [2.05, 4.69) is 42.9 Å². The first-order chi connectivity index (χ1) is 9.47. The lowest BCUT2D eigenvalue weighted by molar-refractivity contribution is 0.0953. The fraction of sp³-hybridized carbons (Fsp3) is 1.00. The van der Waals surface area contributed by atoms with Gasteiger partial charge >= 0.3 is 0 Å². The molecule has 2 saturated heterocycles. The highest BCUT2D eigenvalue weighted by Gasteiger charge is 2.33. The van der Waals surface area contributed by atoms with Crippen LogP contribution in [0.4, 0.5) is 0 Å². The van der Waals surface area contributed by atoms with Gasteiger partial charge in [-0.3, -0.25) is 0 Å². The van der Waals surface area contributed by atoms with Gasteiger partial charge in [0.05, 0.1) is 0 Å². The molecule has 3 nitrogen and oxygen atoms in total. The van der Waals surface area contributed by atoms with E-state index in [1.165, 1.54) is 65.1 Å². The van der Waals surface area contributed by atoms with Gasteiger partial charge in [-0.25, -0.2) is 0 Å². The predicted octanol–water partition coefficient (Wildman–Crippen LogP) is 2.29. The Morgan fingerprint density at radius 2 is 1.90 bits per heavy atom. The number of rotatable bonds is 6. The third-order valence-electron chi connectivity index (χ3n) is 5.16. The lowest BCUT2D eigenvalue weighted by atomic mass is 9.80. The van der Waals surface area contributed by atoms with E-state index in [1.807, 2.05) is 0 Å². The van der Waals surface area contributed by atoms with Crippen molar-refractivity contribution < 1.29 is 0 Å². The molecular weight excluding hydrogens is 246 g/mol. The zero-order valence-electron chi connectivity index (χ0n) is 14.1. The van der Waals surface area contributed by atoms with Gasteiger partial charge in [0.15, 0.2) is 0 Å². The largest absolute Gasteiger partial charge is 0.316 e. The molecule has 0 aromatic carbocycles. The average Bonchev–Trinajstić information content (AvgIpc) is 2.80. The number of nitrogens with one attached hydrogen (secondary N) is 1. The fourth-order valence-corrected chi connectivity index (χ4v) is 3.66. The van der Waals surface area contributed by atoms with Crippen molar-refractivity contribution in [3.63, 3.8) is 0 Å². The molecule has 2 rings (SSSR count). The molecule has 0 bridgehead atoms. The Bertz CT molecular complexity index is 282. The molecule has 118 valence electrons. The second-order valence-corrected chi connectivity index (χ2v) is 8.06. The van der Waals surface area contributed by atoms with Crippen LogP contribution in [0, 0.1) is 17.3 Å². The molecule has 0 radical (unpaired) electrons. The van der Waals surface area contributed by atoms with Crippen LogP contribution >= 0.6 is 0 Å². The van der Waals surface area contributed by atoms with Crippen molar-refractivity contribution >= 4 is 0 Å². The lowest BCUT2D eigenvalue weighted by Crippen LogP contribution is -2.43. The van der Waals surface area contributed by atoms with Crippen LogP contribution in [0.25, 0.3) is 0 Å². The van der Waals surface area contributed by atoms with Gasteiger partial charge in [0.1, 0.15) is 0 Å². The number of hydrogen-bond acceptors (Lipinski definition) is 3. The number of piperidine rings is 1. The Kier molecular flexibility index (Phi) is 5.88. The number of likely N-dealkylation sites (tertiary alicyclic amines) is 2. The van der Waals surface area contributed by atoms with E-state index in [0.29, 0.717) is 5.41 Å². The maximum atomic E-state index is 3.63. The fourth-order valence-electron chi connectivity index (χ4n) is 3.66. The smallest absolute Gasteiger partial charge is 0.00364 e. The Labute approximate surface area is 126 Å². The summed E-state index contributed by atoms with van der Waals surface area (Å²) in [5.41, 5.74) is 0.562. The molecule has 2 fully saturated rings. The van der Waals surface area contributed by atoms with Crippen molar-refractivity contribution in [3.05, 3.63) is 0 Å². The van der Waals surface area contributed by atoms with Gasteiger partial charge in [-0.2, -0.15) is 0 Å². The molecule has 3 heteroatoms. The van der Waals surface area contributed by atoms with Crippen molar-refractivity contribution in [2.24, 2.45) is 17.3 Å². The van der Waals surface area contributed by atoms with Crippen LogP contribution in [0.5, 0.6) is 0 Å². The summed E-state index contributed by atoms with van der Waals surface area (Å²) >= 11 is 0. The summed E-state index contributed by atoms with van der Waals surface area (Å²) in [5.74, 6) is 1.65. The molecule has 1 N–H and O–H groups in total. The van der Waals surface area contributed by atoms with Gasteiger partial charge in [0.2, 0.25) is 0 Å². The Morgan fingerprint density at radius 1 is 1.20 bits per heavy atom. The summed E-state index contributed by atoms with van der Waals surface area (Å²) in [6, 6.07) is 0. The third kappa shape index (κ3) is 5.01. The molecule has 0 aromatic rings. The van der Waals surface area contributed by atoms with Crippen molar-refractivity contribution in [1.82, 2.24) is 15.1 Å². The van der Waals surface area contributed by atoms with E-state index >= 15 is 0 Å². The van der Waals surface area contributed by atoms with Crippen LogP contribution in [0.2, 0.25) is 0 Å².